The Morgan fingerprint density at radius 1 is 1.00 bits per heavy atom. The fourth-order valence-electron chi connectivity index (χ4n) is 4.77. The average molecular weight is 295 g/mol. The zero-order valence-corrected chi connectivity index (χ0v) is 14.9. The molecule has 5 atom stereocenters. The van der Waals surface area contributed by atoms with Crippen LogP contribution in [0.3, 0.4) is 0 Å². The maximum absolute atomic E-state index is 3.86. The molecule has 0 amide bonds. The molecule has 2 fully saturated rings. The fraction of sp³-hybridized carbons (Fsp3) is 1.00. The molecule has 2 nitrogen and oxygen atoms in total. The quantitative estimate of drug-likeness (QED) is 0.779. The normalized spacial score (nSPS) is 37.9. The first kappa shape index (κ1) is 17.3. The van der Waals surface area contributed by atoms with E-state index in [9.17, 15) is 0 Å². The molecule has 2 saturated carbocycles. The van der Waals surface area contributed by atoms with Crippen molar-refractivity contribution in [3.8, 4) is 0 Å². The molecule has 1 N–H and O–H groups in total. The second kappa shape index (κ2) is 8.53. The maximum atomic E-state index is 3.86. The van der Waals surface area contributed by atoms with Crippen LogP contribution in [0.15, 0.2) is 0 Å². The van der Waals surface area contributed by atoms with Gasteiger partial charge < -0.3 is 5.32 Å². The summed E-state index contributed by atoms with van der Waals surface area (Å²) in [5.74, 6) is 1.84. The van der Waals surface area contributed by atoms with Gasteiger partial charge >= 0.3 is 0 Å². The lowest BCUT2D eigenvalue weighted by molar-refractivity contribution is 0.0436. The van der Waals surface area contributed by atoms with E-state index in [1.807, 2.05) is 0 Å². The molecule has 0 aliphatic heterocycles. The topological polar surface area (TPSA) is 15.3 Å². The van der Waals surface area contributed by atoms with Gasteiger partial charge in [0, 0.05) is 18.1 Å². The molecule has 2 rings (SSSR count). The molecule has 2 aliphatic carbocycles. The summed E-state index contributed by atoms with van der Waals surface area (Å²) in [5, 5.41) is 3.86. The molecule has 0 spiro atoms. The minimum Gasteiger partial charge on any atom is -0.312 e. The van der Waals surface area contributed by atoms with Gasteiger partial charge in [0.1, 0.15) is 0 Å². The number of nitrogens with one attached hydrogen (secondary N) is 1. The summed E-state index contributed by atoms with van der Waals surface area (Å²) in [4.78, 5) is 2.79. The molecule has 0 heterocycles. The van der Waals surface area contributed by atoms with Gasteiger partial charge in [-0.15, -0.1) is 0 Å². The van der Waals surface area contributed by atoms with Gasteiger partial charge in [-0.1, -0.05) is 40.0 Å². The van der Waals surface area contributed by atoms with Crippen LogP contribution in [0, 0.1) is 11.8 Å². The van der Waals surface area contributed by atoms with Crippen LogP contribution in [0.1, 0.15) is 78.6 Å². The molecular weight excluding hydrogens is 256 g/mol. The van der Waals surface area contributed by atoms with Crippen LogP contribution in [-0.4, -0.2) is 36.6 Å². The summed E-state index contributed by atoms with van der Waals surface area (Å²) in [6.07, 6.45) is 12.6. The third-order valence-corrected chi connectivity index (χ3v) is 6.27. The van der Waals surface area contributed by atoms with Crippen molar-refractivity contribution in [3.63, 3.8) is 0 Å². The lowest BCUT2D eigenvalue weighted by Crippen LogP contribution is -2.56. The standard InChI is InChI=1S/C19H38N2/c1-5-13-20-17-12-11-16(6-2)14-19(17)21(4)18-10-8-7-9-15(18)3/h15-20H,5-14H2,1-4H3. The molecule has 2 heteroatoms. The van der Waals surface area contributed by atoms with Gasteiger partial charge in [0.15, 0.2) is 0 Å². The van der Waals surface area contributed by atoms with Gasteiger partial charge in [0.05, 0.1) is 0 Å². The van der Waals surface area contributed by atoms with Crippen LogP contribution >= 0.6 is 0 Å². The monoisotopic (exact) mass is 294 g/mol. The maximum Gasteiger partial charge on any atom is 0.0251 e. The molecule has 124 valence electrons. The number of likely N-dealkylation sites (N-methyl/N-ethyl adjacent to an activating group) is 1. The fourth-order valence-corrected chi connectivity index (χ4v) is 4.77. The SMILES string of the molecule is CCCNC1CCC(CC)CC1N(C)C1CCCCC1C. The predicted octanol–water partition coefficient (Wildman–Crippen LogP) is 4.44. The summed E-state index contributed by atoms with van der Waals surface area (Å²) in [7, 11) is 2.43. The van der Waals surface area contributed by atoms with Gasteiger partial charge in [-0.05, 0) is 64.0 Å². The minimum absolute atomic E-state index is 0.729. The summed E-state index contributed by atoms with van der Waals surface area (Å²) >= 11 is 0. The van der Waals surface area contributed by atoms with E-state index in [1.54, 1.807) is 0 Å². The first-order valence-corrected chi connectivity index (χ1v) is 9.62. The van der Waals surface area contributed by atoms with E-state index < -0.39 is 0 Å². The van der Waals surface area contributed by atoms with Crippen LogP contribution in [0.5, 0.6) is 0 Å². The van der Waals surface area contributed by atoms with Crippen LogP contribution in [0.2, 0.25) is 0 Å². The molecule has 0 aromatic carbocycles. The number of nitrogens with zero attached hydrogens (tertiary/aromatic N) is 1. The van der Waals surface area contributed by atoms with Crippen molar-refractivity contribution in [2.24, 2.45) is 11.8 Å². The smallest absolute Gasteiger partial charge is 0.0251 e. The Morgan fingerprint density at radius 2 is 1.76 bits per heavy atom. The van der Waals surface area contributed by atoms with Crippen molar-refractivity contribution < 1.29 is 0 Å². The lowest BCUT2D eigenvalue weighted by Gasteiger charge is -2.47. The van der Waals surface area contributed by atoms with Crippen LogP contribution < -0.4 is 5.32 Å². The Bertz CT molecular complexity index is 291. The van der Waals surface area contributed by atoms with Crippen molar-refractivity contribution >= 4 is 0 Å². The van der Waals surface area contributed by atoms with Gasteiger partial charge in [0.25, 0.3) is 0 Å². The van der Waals surface area contributed by atoms with Crippen molar-refractivity contribution in [1.82, 2.24) is 10.2 Å². The highest BCUT2D eigenvalue weighted by atomic mass is 15.2. The molecule has 2 aliphatic rings. The summed E-state index contributed by atoms with van der Waals surface area (Å²) < 4.78 is 0. The Labute approximate surface area is 133 Å². The van der Waals surface area contributed by atoms with Crippen LogP contribution in [0.25, 0.3) is 0 Å². The number of hydrogen-bond acceptors (Lipinski definition) is 2. The van der Waals surface area contributed by atoms with Crippen molar-refractivity contribution in [2.75, 3.05) is 13.6 Å². The van der Waals surface area contributed by atoms with E-state index in [2.05, 4.69) is 38.0 Å². The van der Waals surface area contributed by atoms with Gasteiger partial charge in [-0.3, -0.25) is 4.90 Å². The van der Waals surface area contributed by atoms with Gasteiger partial charge in [-0.25, -0.2) is 0 Å². The third-order valence-electron chi connectivity index (χ3n) is 6.27. The first-order valence-electron chi connectivity index (χ1n) is 9.62. The summed E-state index contributed by atoms with van der Waals surface area (Å²) in [6, 6.07) is 2.32. The van der Waals surface area contributed by atoms with E-state index in [4.69, 9.17) is 0 Å². The number of rotatable bonds is 6. The Morgan fingerprint density at radius 3 is 2.43 bits per heavy atom. The summed E-state index contributed by atoms with van der Waals surface area (Å²) in [5.41, 5.74) is 0. The largest absolute Gasteiger partial charge is 0.312 e. The van der Waals surface area contributed by atoms with E-state index in [1.165, 1.54) is 64.3 Å². The predicted molar refractivity (Wildman–Crippen MR) is 92.7 cm³/mol. The average Bonchev–Trinajstić information content (AvgIpc) is 2.52. The molecule has 21 heavy (non-hydrogen) atoms. The van der Waals surface area contributed by atoms with Crippen LogP contribution in [-0.2, 0) is 0 Å². The lowest BCUT2D eigenvalue weighted by atomic mass is 9.77. The van der Waals surface area contributed by atoms with Crippen molar-refractivity contribution in [2.45, 2.75) is 96.7 Å². The van der Waals surface area contributed by atoms with Gasteiger partial charge in [0.2, 0.25) is 0 Å². The number of hydrogen-bond donors (Lipinski definition) is 1. The second-order valence-corrected chi connectivity index (χ2v) is 7.71. The zero-order valence-electron chi connectivity index (χ0n) is 14.9. The Balaban J connectivity index is 2.02. The highest BCUT2D eigenvalue weighted by Gasteiger charge is 2.36. The molecule has 0 aromatic heterocycles. The van der Waals surface area contributed by atoms with E-state index in [0.29, 0.717) is 0 Å². The van der Waals surface area contributed by atoms with Crippen molar-refractivity contribution in [1.29, 1.82) is 0 Å². The summed E-state index contributed by atoms with van der Waals surface area (Å²) in [6.45, 7) is 8.33. The van der Waals surface area contributed by atoms with Crippen molar-refractivity contribution in [3.05, 3.63) is 0 Å². The second-order valence-electron chi connectivity index (χ2n) is 7.71. The molecular formula is C19H38N2. The molecule has 5 unspecified atom stereocenters. The first-order chi connectivity index (χ1) is 10.2. The highest BCUT2D eigenvalue weighted by Crippen LogP contribution is 2.35. The molecule has 0 saturated heterocycles. The molecule has 0 bridgehead atoms. The van der Waals surface area contributed by atoms with E-state index >= 15 is 0 Å². The highest BCUT2D eigenvalue weighted by molar-refractivity contribution is 4.93. The third kappa shape index (κ3) is 4.45. The molecule has 0 radical (unpaired) electrons. The van der Waals surface area contributed by atoms with Crippen LogP contribution in [0.4, 0.5) is 0 Å². The zero-order chi connectivity index (χ0) is 15.2. The Kier molecular flexibility index (Phi) is 7.01. The van der Waals surface area contributed by atoms with Gasteiger partial charge in [-0.2, -0.15) is 0 Å². The molecule has 0 aromatic rings. The van der Waals surface area contributed by atoms with E-state index in [-0.39, 0.29) is 0 Å². The Hall–Kier alpha value is -0.0800. The van der Waals surface area contributed by atoms with E-state index in [0.717, 1.165) is 30.0 Å². The minimum atomic E-state index is 0.729.